The average molecular weight is 175 g/mol. The normalized spacial score (nSPS) is 16.8. The minimum Gasteiger partial charge on any atom is -0.391 e. The Hall–Kier alpha value is -0.610. The second-order valence-electron chi connectivity index (χ2n) is 3.31. The molecule has 0 radical (unpaired) electrons. The lowest BCUT2D eigenvalue weighted by molar-refractivity contribution is -0.115. The highest BCUT2D eigenvalue weighted by Crippen LogP contribution is 2.16. The van der Waals surface area contributed by atoms with Crippen LogP contribution in [0.3, 0.4) is 0 Å². The Labute approximate surface area is 72.9 Å². The van der Waals surface area contributed by atoms with Crippen LogP contribution in [0.2, 0.25) is 0 Å². The van der Waals surface area contributed by atoms with Gasteiger partial charge in [0, 0.05) is 7.11 Å². The fraction of sp³-hybridized carbons (Fsp3) is 0.875. The zero-order valence-electron chi connectivity index (χ0n) is 8.00. The molecular formula is C8H17NO3. The molecule has 0 saturated heterocycles. The average Bonchev–Trinajstić information content (AvgIpc) is 1.99. The van der Waals surface area contributed by atoms with Gasteiger partial charge in [0.1, 0.15) is 0 Å². The van der Waals surface area contributed by atoms with E-state index in [1.807, 2.05) is 0 Å². The Morgan fingerprint density at radius 3 is 2.33 bits per heavy atom. The van der Waals surface area contributed by atoms with Crippen molar-refractivity contribution in [1.29, 1.82) is 0 Å². The molecule has 0 unspecified atom stereocenters. The molecule has 2 N–H and O–H groups in total. The van der Waals surface area contributed by atoms with Crippen molar-refractivity contribution >= 4 is 6.41 Å². The highest BCUT2D eigenvalue weighted by atomic mass is 16.5. The molecule has 0 fully saturated rings. The molecule has 1 amide bonds. The number of methoxy groups -OCH3 is 1. The quantitative estimate of drug-likeness (QED) is 0.574. The molecule has 0 aromatic carbocycles. The van der Waals surface area contributed by atoms with Gasteiger partial charge in [-0.1, -0.05) is 0 Å². The largest absolute Gasteiger partial charge is 0.391 e. The van der Waals surface area contributed by atoms with Gasteiger partial charge in [0.15, 0.2) is 0 Å². The SMILES string of the molecule is COC(C)(C)[C@@H](NC=O)[C@@H](C)O. The maximum absolute atomic E-state index is 10.2. The fourth-order valence-electron chi connectivity index (χ4n) is 1.12. The zero-order chi connectivity index (χ0) is 9.78. The van der Waals surface area contributed by atoms with Crippen molar-refractivity contribution in [3.8, 4) is 0 Å². The molecule has 0 aliphatic carbocycles. The lowest BCUT2D eigenvalue weighted by Crippen LogP contribution is -2.53. The molecule has 0 aromatic rings. The third-order valence-electron chi connectivity index (χ3n) is 2.01. The minimum atomic E-state index is -0.634. The summed E-state index contributed by atoms with van der Waals surface area (Å²) in [6.45, 7) is 5.23. The first-order chi connectivity index (χ1) is 5.45. The van der Waals surface area contributed by atoms with Crippen LogP contribution in [0, 0.1) is 0 Å². The Balaban J connectivity index is 4.37. The standard InChI is InChI=1S/C8H17NO3/c1-6(11)7(9-5-10)8(2,3)12-4/h5-7,11H,1-4H3,(H,9,10)/t6-,7+/m1/s1. The summed E-state index contributed by atoms with van der Waals surface area (Å²) >= 11 is 0. The number of nitrogens with one attached hydrogen (secondary N) is 1. The van der Waals surface area contributed by atoms with Gasteiger partial charge in [-0.2, -0.15) is 0 Å². The minimum absolute atomic E-state index is 0.389. The fourth-order valence-corrected chi connectivity index (χ4v) is 1.12. The number of amides is 1. The zero-order valence-corrected chi connectivity index (χ0v) is 8.00. The van der Waals surface area contributed by atoms with Gasteiger partial charge in [-0.15, -0.1) is 0 Å². The van der Waals surface area contributed by atoms with Crippen LogP contribution >= 0.6 is 0 Å². The molecule has 0 saturated carbocycles. The highest BCUT2D eigenvalue weighted by molar-refractivity contribution is 5.47. The number of carbonyl (C=O) groups excluding carboxylic acids is 1. The molecule has 0 aliphatic heterocycles. The molecule has 4 nitrogen and oxygen atoms in total. The lowest BCUT2D eigenvalue weighted by Gasteiger charge is -2.34. The second kappa shape index (κ2) is 4.42. The van der Waals surface area contributed by atoms with Crippen LogP contribution < -0.4 is 5.32 Å². The number of hydrogen-bond acceptors (Lipinski definition) is 3. The van der Waals surface area contributed by atoms with Crippen molar-refractivity contribution in [3.63, 3.8) is 0 Å². The number of hydrogen-bond donors (Lipinski definition) is 2. The van der Waals surface area contributed by atoms with Gasteiger partial charge in [-0.3, -0.25) is 4.79 Å². The van der Waals surface area contributed by atoms with Crippen LogP contribution in [0.1, 0.15) is 20.8 Å². The summed E-state index contributed by atoms with van der Waals surface area (Å²) < 4.78 is 5.13. The van der Waals surface area contributed by atoms with E-state index < -0.39 is 11.7 Å². The van der Waals surface area contributed by atoms with Crippen LogP contribution in [-0.4, -0.2) is 36.4 Å². The molecule has 0 aliphatic rings. The van der Waals surface area contributed by atoms with Crippen LogP contribution in [0.25, 0.3) is 0 Å². The maximum atomic E-state index is 10.2. The van der Waals surface area contributed by atoms with Gasteiger partial charge in [0.25, 0.3) is 0 Å². The maximum Gasteiger partial charge on any atom is 0.207 e. The van der Waals surface area contributed by atoms with Crippen LogP contribution in [-0.2, 0) is 9.53 Å². The van der Waals surface area contributed by atoms with Crippen LogP contribution in [0.5, 0.6) is 0 Å². The molecule has 12 heavy (non-hydrogen) atoms. The van der Waals surface area contributed by atoms with Crippen molar-refractivity contribution in [2.75, 3.05) is 7.11 Å². The summed E-state index contributed by atoms with van der Waals surface area (Å²) in [5.74, 6) is 0. The van der Waals surface area contributed by atoms with Gasteiger partial charge in [-0.05, 0) is 20.8 Å². The predicted octanol–water partition coefficient (Wildman–Crippen LogP) is -0.0932. The van der Waals surface area contributed by atoms with E-state index in [4.69, 9.17) is 4.74 Å². The summed E-state index contributed by atoms with van der Waals surface area (Å²) in [6, 6.07) is -0.389. The number of aliphatic hydroxyl groups is 1. The smallest absolute Gasteiger partial charge is 0.207 e. The summed E-state index contributed by atoms with van der Waals surface area (Å²) in [5, 5.41) is 11.8. The Morgan fingerprint density at radius 1 is 1.58 bits per heavy atom. The molecular weight excluding hydrogens is 158 g/mol. The first-order valence-electron chi connectivity index (χ1n) is 3.88. The molecule has 0 bridgehead atoms. The van der Waals surface area contributed by atoms with E-state index in [1.165, 1.54) is 0 Å². The van der Waals surface area contributed by atoms with E-state index >= 15 is 0 Å². The van der Waals surface area contributed by atoms with E-state index in [0.29, 0.717) is 6.41 Å². The molecule has 2 atom stereocenters. The third kappa shape index (κ3) is 2.79. The van der Waals surface area contributed by atoms with Gasteiger partial charge in [-0.25, -0.2) is 0 Å². The third-order valence-corrected chi connectivity index (χ3v) is 2.01. The van der Waals surface area contributed by atoms with E-state index in [1.54, 1.807) is 27.9 Å². The van der Waals surface area contributed by atoms with Gasteiger partial charge >= 0.3 is 0 Å². The number of ether oxygens (including phenoxy) is 1. The Bertz CT molecular complexity index is 145. The molecule has 0 heterocycles. The first kappa shape index (κ1) is 11.4. The lowest BCUT2D eigenvalue weighted by atomic mass is 9.94. The molecule has 4 heteroatoms. The van der Waals surface area contributed by atoms with E-state index in [-0.39, 0.29) is 6.04 Å². The van der Waals surface area contributed by atoms with Crippen molar-refractivity contribution in [3.05, 3.63) is 0 Å². The van der Waals surface area contributed by atoms with Crippen LogP contribution in [0.15, 0.2) is 0 Å². The summed E-state index contributed by atoms with van der Waals surface area (Å²) in [5.41, 5.74) is -0.560. The van der Waals surface area contributed by atoms with E-state index in [9.17, 15) is 9.90 Å². The van der Waals surface area contributed by atoms with Gasteiger partial charge < -0.3 is 15.2 Å². The number of rotatable bonds is 5. The van der Waals surface area contributed by atoms with Crippen LogP contribution in [0.4, 0.5) is 0 Å². The Morgan fingerprint density at radius 2 is 2.08 bits per heavy atom. The van der Waals surface area contributed by atoms with E-state index in [2.05, 4.69) is 5.32 Å². The number of carbonyl (C=O) groups is 1. The summed E-state index contributed by atoms with van der Waals surface area (Å²) in [7, 11) is 1.54. The predicted molar refractivity (Wildman–Crippen MR) is 45.8 cm³/mol. The van der Waals surface area contributed by atoms with E-state index in [0.717, 1.165) is 0 Å². The van der Waals surface area contributed by atoms with Crippen molar-refractivity contribution in [2.24, 2.45) is 0 Å². The van der Waals surface area contributed by atoms with Crippen molar-refractivity contribution < 1.29 is 14.6 Å². The molecule has 72 valence electrons. The molecule has 0 rings (SSSR count). The van der Waals surface area contributed by atoms with Crippen molar-refractivity contribution in [1.82, 2.24) is 5.32 Å². The first-order valence-corrected chi connectivity index (χ1v) is 3.88. The molecule has 0 aromatic heterocycles. The highest BCUT2D eigenvalue weighted by Gasteiger charge is 2.32. The molecule has 0 spiro atoms. The topological polar surface area (TPSA) is 58.6 Å². The summed E-state index contributed by atoms with van der Waals surface area (Å²) in [6.07, 6.45) is -0.0665. The second-order valence-corrected chi connectivity index (χ2v) is 3.31. The Kier molecular flexibility index (Phi) is 4.20. The van der Waals surface area contributed by atoms with Gasteiger partial charge in [0.05, 0.1) is 17.7 Å². The number of aliphatic hydroxyl groups excluding tert-OH is 1. The van der Waals surface area contributed by atoms with Gasteiger partial charge in [0.2, 0.25) is 6.41 Å². The monoisotopic (exact) mass is 175 g/mol. The van der Waals surface area contributed by atoms with Crippen molar-refractivity contribution in [2.45, 2.75) is 38.5 Å². The summed E-state index contributed by atoms with van der Waals surface area (Å²) in [4.78, 5) is 10.2.